The zero-order chi connectivity index (χ0) is 21.4. The van der Waals surface area contributed by atoms with Crippen molar-refractivity contribution < 1.29 is 18.7 Å². The first-order valence-corrected chi connectivity index (χ1v) is 10.6. The number of carbonyl (C=O) groups is 1. The molecule has 0 fully saturated rings. The number of ether oxygens (including phenoxy) is 2. The van der Waals surface area contributed by atoms with Gasteiger partial charge < -0.3 is 13.9 Å². The maximum absolute atomic E-state index is 12.8. The van der Waals surface area contributed by atoms with Crippen molar-refractivity contribution in [1.82, 2.24) is 9.88 Å². The Balaban J connectivity index is 0.00000245. The van der Waals surface area contributed by atoms with Gasteiger partial charge in [-0.3, -0.25) is 9.88 Å². The number of carbonyl (C=O) groups excluding carboxylic acids is 1. The Morgan fingerprint density at radius 3 is 2.69 bits per heavy atom. The summed E-state index contributed by atoms with van der Waals surface area (Å²) in [6.07, 6.45) is 2.64. The maximum Gasteiger partial charge on any atom is 0.342 e. The van der Waals surface area contributed by atoms with Crippen molar-refractivity contribution in [2.24, 2.45) is 0 Å². The molecule has 0 saturated carbocycles. The minimum absolute atomic E-state index is 0. The lowest BCUT2D eigenvalue weighted by Gasteiger charge is -2.30. The molecule has 1 aliphatic rings. The Morgan fingerprint density at radius 2 is 1.94 bits per heavy atom. The molecule has 0 saturated heterocycles. The SMILES string of the molecule is CCOC(=O)c1c(C)oc2c1c1c(c3ccccc32)OCN(CCc2ccccn2)C1.Cl. The molecule has 0 N–H and O–H groups in total. The number of rotatable bonds is 5. The number of esters is 1. The lowest BCUT2D eigenvalue weighted by Crippen LogP contribution is -2.34. The number of pyridine rings is 1. The summed E-state index contributed by atoms with van der Waals surface area (Å²) in [6, 6.07) is 14.0. The van der Waals surface area contributed by atoms with Crippen LogP contribution in [0.25, 0.3) is 21.7 Å². The normalized spacial score (nSPS) is 13.4. The molecule has 0 bridgehead atoms. The van der Waals surface area contributed by atoms with E-state index in [1.807, 2.05) is 62.5 Å². The monoisotopic (exact) mass is 452 g/mol. The Hall–Kier alpha value is -3.09. The molecule has 2 aromatic heterocycles. The molecular weight excluding hydrogens is 428 g/mol. The van der Waals surface area contributed by atoms with Crippen LogP contribution in [0, 0.1) is 6.92 Å². The van der Waals surface area contributed by atoms with E-state index in [0.717, 1.165) is 46.1 Å². The predicted octanol–water partition coefficient (Wildman–Crippen LogP) is 5.28. The van der Waals surface area contributed by atoms with E-state index in [-0.39, 0.29) is 18.4 Å². The highest BCUT2D eigenvalue weighted by Gasteiger charge is 2.30. The molecule has 0 spiro atoms. The summed E-state index contributed by atoms with van der Waals surface area (Å²) in [6.45, 7) is 5.89. The van der Waals surface area contributed by atoms with E-state index in [2.05, 4.69) is 9.88 Å². The summed E-state index contributed by atoms with van der Waals surface area (Å²) in [7, 11) is 0. The maximum atomic E-state index is 12.8. The molecule has 0 amide bonds. The zero-order valence-electron chi connectivity index (χ0n) is 18.1. The minimum Gasteiger partial charge on any atom is -0.477 e. The van der Waals surface area contributed by atoms with E-state index in [1.54, 1.807) is 0 Å². The van der Waals surface area contributed by atoms with Crippen LogP contribution in [0.15, 0.2) is 53.1 Å². The topological polar surface area (TPSA) is 64.8 Å². The smallest absolute Gasteiger partial charge is 0.342 e. The number of nitrogens with zero attached hydrogens (tertiary/aromatic N) is 2. The molecule has 32 heavy (non-hydrogen) atoms. The predicted molar refractivity (Wildman–Crippen MR) is 126 cm³/mol. The summed E-state index contributed by atoms with van der Waals surface area (Å²) in [5, 5.41) is 2.74. The fraction of sp³-hybridized carbons (Fsp3) is 0.280. The minimum atomic E-state index is -0.359. The van der Waals surface area contributed by atoms with Crippen LogP contribution in [0.1, 0.15) is 34.3 Å². The number of furan rings is 1. The third kappa shape index (κ3) is 3.80. The van der Waals surface area contributed by atoms with E-state index in [4.69, 9.17) is 13.9 Å². The Bertz CT molecular complexity index is 1270. The van der Waals surface area contributed by atoms with Crippen LogP contribution < -0.4 is 4.74 Å². The van der Waals surface area contributed by atoms with Gasteiger partial charge in [0.2, 0.25) is 0 Å². The Morgan fingerprint density at radius 1 is 1.16 bits per heavy atom. The lowest BCUT2D eigenvalue weighted by molar-refractivity contribution is 0.0526. The molecular formula is C25H25ClN2O4. The van der Waals surface area contributed by atoms with Gasteiger partial charge in [-0.1, -0.05) is 30.3 Å². The van der Waals surface area contributed by atoms with Gasteiger partial charge >= 0.3 is 5.97 Å². The van der Waals surface area contributed by atoms with Crippen LogP contribution in [-0.2, 0) is 17.7 Å². The molecule has 7 heteroatoms. The molecule has 0 atom stereocenters. The number of aromatic nitrogens is 1. The third-order valence-electron chi connectivity index (χ3n) is 5.74. The van der Waals surface area contributed by atoms with Crippen molar-refractivity contribution in [1.29, 1.82) is 0 Å². The molecule has 4 aromatic rings. The largest absolute Gasteiger partial charge is 0.477 e. The second-order valence-electron chi connectivity index (χ2n) is 7.71. The molecule has 2 aromatic carbocycles. The van der Waals surface area contributed by atoms with Gasteiger partial charge in [-0.15, -0.1) is 12.4 Å². The summed E-state index contributed by atoms with van der Waals surface area (Å²) in [5.74, 6) is 1.03. The molecule has 0 unspecified atom stereocenters. The van der Waals surface area contributed by atoms with E-state index >= 15 is 0 Å². The van der Waals surface area contributed by atoms with E-state index in [1.165, 1.54) is 0 Å². The van der Waals surface area contributed by atoms with Crippen LogP contribution >= 0.6 is 12.4 Å². The molecule has 0 aliphatic carbocycles. The van der Waals surface area contributed by atoms with Crippen molar-refractivity contribution in [2.45, 2.75) is 26.8 Å². The third-order valence-corrected chi connectivity index (χ3v) is 5.74. The van der Waals surface area contributed by atoms with Gasteiger partial charge in [0.15, 0.2) is 0 Å². The standard InChI is InChI=1S/C25H24N2O4.ClH/c1-3-29-25(28)21-16(2)31-24-19-10-5-4-9-18(19)23-20(22(21)24)14-27(15-30-23)13-11-17-8-6-7-12-26-17;/h4-10,12H,3,11,13-15H2,1-2H3;1H. The van der Waals surface area contributed by atoms with Gasteiger partial charge in [-0.25, -0.2) is 4.79 Å². The average Bonchev–Trinajstić information content (AvgIpc) is 3.16. The molecule has 166 valence electrons. The van der Waals surface area contributed by atoms with Gasteiger partial charge in [0.1, 0.15) is 29.4 Å². The van der Waals surface area contributed by atoms with Gasteiger partial charge in [-0.05, 0) is 26.0 Å². The van der Waals surface area contributed by atoms with Crippen molar-refractivity contribution in [3.8, 4) is 5.75 Å². The molecule has 1 aliphatic heterocycles. The summed E-state index contributed by atoms with van der Waals surface area (Å²) < 4.78 is 17.7. The average molecular weight is 453 g/mol. The molecule has 3 heterocycles. The fourth-order valence-electron chi connectivity index (χ4n) is 4.33. The van der Waals surface area contributed by atoms with Gasteiger partial charge in [-0.2, -0.15) is 0 Å². The van der Waals surface area contributed by atoms with Gasteiger partial charge in [0, 0.05) is 53.1 Å². The number of hydrogen-bond acceptors (Lipinski definition) is 6. The second kappa shape index (κ2) is 9.18. The number of halogens is 1. The molecule has 6 nitrogen and oxygen atoms in total. The van der Waals surface area contributed by atoms with Crippen LogP contribution in [0.2, 0.25) is 0 Å². The number of benzene rings is 2. The highest BCUT2D eigenvalue weighted by molar-refractivity contribution is 6.16. The van der Waals surface area contributed by atoms with E-state index in [0.29, 0.717) is 36.8 Å². The van der Waals surface area contributed by atoms with Gasteiger partial charge in [0.05, 0.1) is 6.61 Å². The van der Waals surface area contributed by atoms with E-state index < -0.39 is 0 Å². The summed E-state index contributed by atoms with van der Waals surface area (Å²) in [5.41, 5.74) is 3.23. The van der Waals surface area contributed by atoms with E-state index in [9.17, 15) is 4.79 Å². The molecule has 5 rings (SSSR count). The first kappa shape index (κ1) is 22.1. The summed E-state index contributed by atoms with van der Waals surface area (Å²) >= 11 is 0. The van der Waals surface area contributed by atoms with Gasteiger partial charge in [0.25, 0.3) is 0 Å². The highest BCUT2D eigenvalue weighted by Crippen LogP contribution is 2.44. The van der Waals surface area contributed by atoms with Crippen molar-refractivity contribution in [2.75, 3.05) is 19.9 Å². The van der Waals surface area contributed by atoms with Crippen molar-refractivity contribution in [3.63, 3.8) is 0 Å². The van der Waals surface area contributed by atoms with Crippen molar-refractivity contribution >= 4 is 40.1 Å². The van der Waals surface area contributed by atoms with Crippen molar-refractivity contribution in [3.05, 3.63) is 71.2 Å². The van der Waals surface area contributed by atoms with Crippen LogP contribution in [-0.4, -0.2) is 35.7 Å². The second-order valence-corrected chi connectivity index (χ2v) is 7.71. The number of hydrogen-bond donors (Lipinski definition) is 0. The first-order valence-electron chi connectivity index (χ1n) is 10.6. The number of aryl methyl sites for hydroxylation is 1. The Labute approximate surface area is 192 Å². The van der Waals surface area contributed by atoms with Crippen LogP contribution in [0.4, 0.5) is 0 Å². The number of fused-ring (bicyclic) bond motifs is 6. The first-order chi connectivity index (χ1) is 15.2. The zero-order valence-corrected chi connectivity index (χ0v) is 18.9. The fourth-order valence-corrected chi connectivity index (χ4v) is 4.33. The molecule has 0 radical (unpaired) electrons. The highest BCUT2D eigenvalue weighted by atomic mass is 35.5. The van der Waals surface area contributed by atoms with Crippen LogP contribution in [0.3, 0.4) is 0 Å². The Kier molecular flexibility index (Phi) is 6.35. The quantitative estimate of drug-likeness (QED) is 0.384. The van der Waals surface area contributed by atoms with Crippen LogP contribution in [0.5, 0.6) is 5.75 Å². The lowest BCUT2D eigenvalue weighted by atomic mass is 9.96. The summed E-state index contributed by atoms with van der Waals surface area (Å²) in [4.78, 5) is 19.5.